The molecule has 2 aromatic rings. The Balaban J connectivity index is 1.52. The topological polar surface area (TPSA) is 92.8 Å². The molecule has 1 fully saturated rings. The van der Waals surface area contributed by atoms with Gasteiger partial charge in [-0.25, -0.2) is 18.0 Å². The maximum atomic E-state index is 12.5. The highest BCUT2D eigenvalue weighted by Crippen LogP contribution is 2.28. The Kier molecular flexibility index (Phi) is 4.55. The Morgan fingerprint density at radius 1 is 1.00 bits per heavy atom. The number of ether oxygens (including phenoxy) is 1. The van der Waals surface area contributed by atoms with Crippen LogP contribution in [0.5, 0.6) is 0 Å². The number of imide groups is 1. The van der Waals surface area contributed by atoms with Crippen molar-refractivity contribution in [1.82, 2.24) is 4.72 Å². The van der Waals surface area contributed by atoms with E-state index >= 15 is 0 Å². The van der Waals surface area contributed by atoms with E-state index in [4.69, 9.17) is 4.74 Å². The van der Waals surface area contributed by atoms with E-state index in [1.54, 1.807) is 24.3 Å². The fourth-order valence-corrected chi connectivity index (χ4v) is 4.36. The molecule has 7 nitrogen and oxygen atoms in total. The van der Waals surface area contributed by atoms with Gasteiger partial charge in [0, 0.05) is 13.2 Å². The van der Waals surface area contributed by atoms with Crippen molar-refractivity contribution < 1.29 is 22.7 Å². The van der Waals surface area contributed by atoms with Crippen LogP contribution in [0.15, 0.2) is 53.4 Å². The molecule has 0 spiro atoms. The maximum absolute atomic E-state index is 12.5. The van der Waals surface area contributed by atoms with E-state index in [1.165, 1.54) is 24.3 Å². The van der Waals surface area contributed by atoms with Gasteiger partial charge in [-0.05, 0) is 49.2 Å². The van der Waals surface area contributed by atoms with Crippen LogP contribution >= 0.6 is 0 Å². The van der Waals surface area contributed by atoms with Crippen LogP contribution < -0.4 is 9.62 Å². The summed E-state index contributed by atoms with van der Waals surface area (Å²) in [6.07, 6.45) is 1.67. The Labute approximate surface area is 157 Å². The predicted molar refractivity (Wildman–Crippen MR) is 98.2 cm³/mol. The summed E-state index contributed by atoms with van der Waals surface area (Å²) in [5.74, 6) is -0.828. The molecule has 1 saturated heterocycles. The lowest BCUT2D eigenvalue weighted by Crippen LogP contribution is -2.32. The van der Waals surface area contributed by atoms with Gasteiger partial charge in [0.25, 0.3) is 11.8 Å². The van der Waals surface area contributed by atoms with Gasteiger partial charge in [0.1, 0.15) is 0 Å². The second kappa shape index (κ2) is 6.88. The number of nitrogens with one attached hydrogen (secondary N) is 1. The molecule has 8 heteroatoms. The fourth-order valence-electron chi connectivity index (χ4n) is 3.29. The molecule has 1 atom stereocenters. The number of hydrogen-bond acceptors (Lipinski definition) is 5. The fraction of sp³-hybridized carbons (Fsp3) is 0.263. The standard InChI is InChI=1S/C19H18N2O5S/c22-18-16-5-1-2-6-17(16)19(23)21(18)13-7-9-15(10-8-13)27(24,25)20-12-14-4-3-11-26-14/h1-2,5-10,14,20H,3-4,11-12H2. The van der Waals surface area contributed by atoms with Crippen LogP contribution in [0.2, 0.25) is 0 Å². The van der Waals surface area contributed by atoms with Crippen molar-refractivity contribution in [1.29, 1.82) is 0 Å². The molecule has 2 aliphatic heterocycles. The number of anilines is 1. The van der Waals surface area contributed by atoms with E-state index in [-0.39, 0.29) is 17.5 Å². The summed E-state index contributed by atoms with van der Waals surface area (Å²) >= 11 is 0. The van der Waals surface area contributed by atoms with Crippen molar-refractivity contribution in [2.45, 2.75) is 23.8 Å². The first-order valence-corrected chi connectivity index (χ1v) is 10.1. The Bertz CT molecular complexity index is 960. The van der Waals surface area contributed by atoms with Crippen molar-refractivity contribution in [3.8, 4) is 0 Å². The second-order valence-electron chi connectivity index (χ2n) is 6.47. The first-order chi connectivity index (χ1) is 13.0. The molecule has 1 N–H and O–H groups in total. The first-order valence-electron chi connectivity index (χ1n) is 8.66. The van der Waals surface area contributed by atoms with Gasteiger partial charge in [0.2, 0.25) is 10.0 Å². The van der Waals surface area contributed by atoms with Crippen molar-refractivity contribution in [2.75, 3.05) is 18.1 Å². The summed E-state index contributed by atoms with van der Waals surface area (Å²) in [4.78, 5) is 26.1. The molecule has 2 aliphatic rings. The van der Waals surface area contributed by atoms with Gasteiger partial charge in [0.05, 0.1) is 27.8 Å². The first kappa shape index (κ1) is 17.8. The molecule has 1 unspecified atom stereocenters. The average Bonchev–Trinajstić information content (AvgIpc) is 3.28. The zero-order valence-electron chi connectivity index (χ0n) is 14.4. The van der Waals surface area contributed by atoms with Crippen molar-refractivity contribution in [2.24, 2.45) is 0 Å². The number of fused-ring (bicyclic) bond motifs is 1. The Morgan fingerprint density at radius 3 is 2.19 bits per heavy atom. The lowest BCUT2D eigenvalue weighted by Gasteiger charge is -2.15. The van der Waals surface area contributed by atoms with Crippen LogP contribution in [-0.2, 0) is 14.8 Å². The summed E-state index contributed by atoms with van der Waals surface area (Å²) in [6.45, 7) is 0.879. The van der Waals surface area contributed by atoms with Gasteiger partial charge in [-0.1, -0.05) is 12.1 Å². The van der Waals surface area contributed by atoms with Crippen LogP contribution in [0.3, 0.4) is 0 Å². The van der Waals surface area contributed by atoms with Crippen LogP contribution in [0.25, 0.3) is 0 Å². The van der Waals surface area contributed by atoms with Crippen LogP contribution in [0.4, 0.5) is 5.69 Å². The van der Waals surface area contributed by atoms with Gasteiger partial charge in [-0.3, -0.25) is 9.59 Å². The highest BCUT2D eigenvalue weighted by molar-refractivity contribution is 7.89. The zero-order chi connectivity index (χ0) is 19.0. The highest BCUT2D eigenvalue weighted by Gasteiger charge is 2.36. The number of rotatable bonds is 5. The van der Waals surface area contributed by atoms with Gasteiger partial charge in [-0.15, -0.1) is 0 Å². The van der Waals surface area contributed by atoms with E-state index in [1.807, 2.05) is 0 Å². The highest BCUT2D eigenvalue weighted by atomic mass is 32.2. The molecule has 4 rings (SSSR count). The van der Waals surface area contributed by atoms with Crippen molar-refractivity contribution in [3.05, 3.63) is 59.7 Å². The zero-order valence-corrected chi connectivity index (χ0v) is 15.2. The third kappa shape index (κ3) is 3.27. The minimum atomic E-state index is -3.69. The molecule has 27 heavy (non-hydrogen) atoms. The Hall–Kier alpha value is -2.55. The molecule has 0 radical (unpaired) electrons. The third-order valence-corrected chi connectivity index (χ3v) is 6.16. The number of amides is 2. The molecule has 0 aliphatic carbocycles. The van der Waals surface area contributed by atoms with Gasteiger partial charge >= 0.3 is 0 Å². The number of sulfonamides is 1. The number of carbonyl (C=O) groups excluding carboxylic acids is 2. The summed E-state index contributed by atoms with van der Waals surface area (Å²) < 4.78 is 32.8. The molecule has 0 bridgehead atoms. The number of carbonyl (C=O) groups is 2. The third-order valence-electron chi connectivity index (χ3n) is 4.72. The van der Waals surface area contributed by atoms with Crippen LogP contribution in [0, 0.1) is 0 Å². The number of hydrogen-bond donors (Lipinski definition) is 1. The molecule has 0 aromatic heterocycles. The van der Waals surface area contributed by atoms with Crippen molar-refractivity contribution >= 4 is 27.5 Å². The smallest absolute Gasteiger partial charge is 0.266 e. The van der Waals surface area contributed by atoms with E-state index in [2.05, 4.69) is 4.72 Å². The van der Waals surface area contributed by atoms with E-state index < -0.39 is 21.8 Å². The minimum absolute atomic E-state index is 0.0702. The SMILES string of the molecule is O=C1c2ccccc2C(=O)N1c1ccc(S(=O)(=O)NCC2CCCO2)cc1. The van der Waals surface area contributed by atoms with E-state index in [9.17, 15) is 18.0 Å². The number of nitrogens with zero attached hydrogens (tertiary/aromatic N) is 1. The van der Waals surface area contributed by atoms with Crippen molar-refractivity contribution in [3.63, 3.8) is 0 Å². The predicted octanol–water partition coefficient (Wildman–Crippen LogP) is 1.94. The quantitative estimate of drug-likeness (QED) is 0.793. The molecule has 0 saturated carbocycles. The van der Waals surface area contributed by atoms with Gasteiger partial charge in [-0.2, -0.15) is 0 Å². The largest absolute Gasteiger partial charge is 0.377 e. The molecule has 2 heterocycles. The minimum Gasteiger partial charge on any atom is -0.377 e. The molecule has 2 aromatic carbocycles. The maximum Gasteiger partial charge on any atom is 0.266 e. The Morgan fingerprint density at radius 2 is 1.63 bits per heavy atom. The second-order valence-corrected chi connectivity index (χ2v) is 8.24. The summed E-state index contributed by atoms with van der Waals surface area (Å²) in [6, 6.07) is 12.3. The normalized spacial score (nSPS) is 19.6. The lowest BCUT2D eigenvalue weighted by atomic mass is 10.1. The van der Waals surface area contributed by atoms with Crippen LogP contribution in [0.1, 0.15) is 33.6 Å². The molecular weight excluding hydrogens is 368 g/mol. The van der Waals surface area contributed by atoms with E-state index in [0.717, 1.165) is 17.7 Å². The van der Waals surface area contributed by atoms with Gasteiger partial charge in [0.15, 0.2) is 0 Å². The van der Waals surface area contributed by atoms with E-state index in [0.29, 0.717) is 23.4 Å². The lowest BCUT2D eigenvalue weighted by molar-refractivity contribution is 0.0926. The summed E-state index contributed by atoms with van der Waals surface area (Å²) in [7, 11) is -3.69. The molecular formula is C19H18N2O5S. The summed E-state index contributed by atoms with van der Waals surface area (Å²) in [5, 5.41) is 0. The summed E-state index contributed by atoms with van der Waals surface area (Å²) in [5.41, 5.74) is 1.02. The monoisotopic (exact) mass is 386 g/mol. The van der Waals surface area contributed by atoms with Crippen LogP contribution in [-0.4, -0.2) is 39.5 Å². The number of benzene rings is 2. The molecule has 140 valence electrons. The van der Waals surface area contributed by atoms with Gasteiger partial charge < -0.3 is 4.74 Å². The average molecular weight is 386 g/mol. The molecule has 2 amide bonds.